The summed E-state index contributed by atoms with van der Waals surface area (Å²) >= 11 is 5.99. The minimum absolute atomic E-state index is 0. The number of esters is 1. The van der Waals surface area contributed by atoms with Gasteiger partial charge in [-0.3, -0.25) is 0 Å². The van der Waals surface area contributed by atoms with E-state index in [1.807, 2.05) is 19.1 Å². The molecule has 0 aliphatic heterocycles. The molecule has 1 aromatic rings. The van der Waals surface area contributed by atoms with Crippen LogP contribution in [-0.4, -0.2) is 25.7 Å². The predicted molar refractivity (Wildman–Crippen MR) is 81.5 cm³/mol. The van der Waals surface area contributed by atoms with Crippen LogP contribution in [0.4, 0.5) is 0 Å². The topological polar surface area (TPSA) is 38.3 Å². The van der Waals surface area contributed by atoms with Crippen molar-refractivity contribution in [3.05, 3.63) is 34.3 Å². The second kappa shape index (κ2) is 10.1. The molecule has 0 saturated carbocycles. The molecule has 19 heavy (non-hydrogen) atoms. The molecule has 0 unspecified atom stereocenters. The van der Waals surface area contributed by atoms with E-state index in [1.165, 1.54) is 0 Å². The summed E-state index contributed by atoms with van der Waals surface area (Å²) < 4.78 is 5.18. The molecule has 3 nitrogen and oxygen atoms in total. The Morgan fingerprint density at radius 3 is 2.74 bits per heavy atom. The van der Waals surface area contributed by atoms with E-state index >= 15 is 0 Å². The third kappa shape index (κ3) is 6.28. The number of benzene rings is 1. The fraction of sp³-hybridized carbons (Fsp3) is 0.500. The number of aryl methyl sites for hydroxylation is 1. The van der Waals surface area contributed by atoms with Crippen molar-refractivity contribution in [1.29, 1.82) is 0 Å². The maximum Gasteiger partial charge on any atom is 0.339 e. The Hall–Kier alpha value is -0.770. The van der Waals surface area contributed by atoms with Crippen LogP contribution in [0, 0.1) is 6.92 Å². The number of ether oxygens (including phenoxy) is 1. The lowest BCUT2D eigenvalue weighted by molar-refractivity contribution is 0.0508. The highest BCUT2D eigenvalue weighted by atomic mass is 35.5. The average molecular weight is 306 g/mol. The second-order valence-corrected chi connectivity index (χ2v) is 4.58. The summed E-state index contributed by atoms with van der Waals surface area (Å²) in [5.41, 5.74) is 1.30. The summed E-state index contributed by atoms with van der Waals surface area (Å²) in [5, 5.41) is 3.66. The first-order valence-electron chi connectivity index (χ1n) is 6.29. The normalized spacial score (nSPS) is 9.84. The van der Waals surface area contributed by atoms with Gasteiger partial charge in [-0.1, -0.05) is 37.1 Å². The second-order valence-electron chi connectivity index (χ2n) is 4.17. The number of rotatable bonds is 7. The fourth-order valence-electron chi connectivity index (χ4n) is 1.61. The zero-order valence-electron chi connectivity index (χ0n) is 11.4. The predicted octanol–water partition coefficient (Wildman–Crippen LogP) is 3.62. The van der Waals surface area contributed by atoms with Gasteiger partial charge in [-0.2, -0.15) is 0 Å². The number of unbranched alkanes of at least 4 members (excludes halogenated alkanes) is 1. The van der Waals surface area contributed by atoms with Gasteiger partial charge in [0, 0.05) is 6.54 Å². The Bertz CT molecular complexity index is 377. The van der Waals surface area contributed by atoms with Crippen molar-refractivity contribution in [3.8, 4) is 0 Å². The summed E-state index contributed by atoms with van der Waals surface area (Å²) in [6, 6.07) is 5.37. The highest BCUT2D eigenvalue weighted by Gasteiger charge is 2.13. The number of hydrogen-bond donors (Lipinski definition) is 1. The molecule has 0 aromatic heterocycles. The Labute approximate surface area is 126 Å². The van der Waals surface area contributed by atoms with Crippen molar-refractivity contribution in [2.45, 2.75) is 26.7 Å². The van der Waals surface area contributed by atoms with Gasteiger partial charge in [-0.05, 0) is 31.5 Å². The van der Waals surface area contributed by atoms with E-state index in [-0.39, 0.29) is 18.4 Å². The van der Waals surface area contributed by atoms with E-state index in [9.17, 15) is 4.79 Å². The third-order valence-electron chi connectivity index (χ3n) is 2.65. The Morgan fingerprint density at radius 1 is 1.37 bits per heavy atom. The van der Waals surface area contributed by atoms with Crippen LogP contribution in [0.2, 0.25) is 5.02 Å². The molecule has 0 heterocycles. The molecule has 0 fully saturated rings. The molecule has 0 saturated heterocycles. The van der Waals surface area contributed by atoms with Crippen LogP contribution in [0.25, 0.3) is 0 Å². The monoisotopic (exact) mass is 305 g/mol. The molecule has 0 radical (unpaired) electrons. The van der Waals surface area contributed by atoms with Crippen molar-refractivity contribution in [2.24, 2.45) is 0 Å². The average Bonchev–Trinajstić information content (AvgIpc) is 2.33. The SMILES string of the molecule is CCCCNCCOC(=O)c1c(C)cccc1Cl.Cl. The Balaban J connectivity index is 0.00000324. The molecule has 108 valence electrons. The molecular formula is C14H21Cl2NO2. The largest absolute Gasteiger partial charge is 0.461 e. The van der Waals surface area contributed by atoms with Crippen LogP contribution >= 0.6 is 24.0 Å². The van der Waals surface area contributed by atoms with Gasteiger partial charge in [0.1, 0.15) is 6.61 Å². The van der Waals surface area contributed by atoms with Gasteiger partial charge in [-0.15, -0.1) is 12.4 Å². The summed E-state index contributed by atoms with van der Waals surface area (Å²) in [6.45, 7) is 5.99. The van der Waals surface area contributed by atoms with Gasteiger partial charge in [0.05, 0.1) is 10.6 Å². The molecule has 0 bridgehead atoms. The van der Waals surface area contributed by atoms with Gasteiger partial charge in [0.25, 0.3) is 0 Å². The van der Waals surface area contributed by atoms with Crippen LogP contribution in [0.5, 0.6) is 0 Å². The minimum Gasteiger partial charge on any atom is -0.461 e. The first-order valence-corrected chi connectivity index (χ1v) is 6.67. The van der Waals surface area contributed by atoms with E-state index in [0.717, 1.165) is 24.9 Å². The molecule has 0 atom stereocenters. The molecule has 0 amide bonds. The number of carbonyl (C=O) groups excluding carboxylic acids is 1. The number of carbonyl (C=O) groups is 1. The first kappa shape index (κ1) is 18.2. The third-order valence-corrected chi connectivity index (χ3v) is 2.96. The summed E-state index contributed by atoms with van der Waals surface area (Å²) in [4.78, 5) is 11.8. The van der Waals surface area contributed by atoms with Gasteiger partial charge < -0.3 is 10.1 Å². The molecule has 1 rings (SSSR count). The van der Waals surface area contributed by atoms with Crippen LogP contribution in [0.1, 0.15) is 35.7 Å². The molecule has 5 heteroatoms. The van der Waals surface area contributed by atoms with Crippen LogP contribution in [0.15, 0.2) is 18.2 Å². The Morgan fingerprint density at radius 2 is 2.11 bits per heavy atom. The Kier molecular flexibility index (Phi) is 9.66. The number of nitrogens with one attached hydrogen (secondary N) is 1. The van der Waals surface area contributed by atoms with Gasteiger partial charge >= 0.3 is 5.97 Å². The number of halogens is 2. The number of hydrogen-bond acceptors (Lipinski definition) is 3. The fourth-order valence-corrected chi connectivity index (χ4v) is 1.90. The first-order chi connectivity index (χ1) is 8.66. The van der Waals surface area contributed by atoms with Gasteiger partial charge in [-0.25, -0.2) is 4.79 Å². The smallest absolute Gasteiger partial charge is 0.339 e. The minimum atomic E-state index is -0.351. The van der Waals surface area contributed by atoms with E-state index in [4.69, 9.17) is 16.3 Å². The lowest BCUT2D eigenvalue weighted by atomic mass is 10.1. The van der Waals surface area contributed by atoms with Crippen LogP contribution < -0.4 is 5.32 Å². The molecule has 0 aliphatic rings. The molecule has 0 spiro atoms. The van der Waals surface area contributed by atoms with Crippen molar-refractivity contribution in [3.63, 3.8) is 0 Å². The van der Waals surface area contributed by atoms with E-state index in [0.29, 0.717) is 23.7 Å². The summed E-state index contributed by atoms with van der Waals surface area (Å²) in [7, 11) is 0. The van der Waals surface area contributed by atoms with Crippen LogP contribution in [-0.2, 0) is 4.74 Å². The van der Waals surface area contributed by atoms with E-state index < -0.39 is 0 Å². The van der Waals surface area contributed by atoms with Gasteiger partial charge in [0.15, 0.2) is 0 Å². The van der Waals surface area contributed by atoms with Gasteiger partial charge in [0.2, 0.25) is 0 Å². The van der Waals surface area contributed by atoms with E-state index in [2.05, 4.69) is 12.2 Å². The highest BCUT2D eigenvalue weighted by molar-refractivity contribution is 6.33. The lowest BCUT2D eigenvalue weighted by Crippen LogP contribution is -2.22. The quantitative estimate of drug-likeness (QED) is 0.618. The molecule has 0 aliphatic carbocycles. The van der Waals surface area contributed by atoms with Crippen LogP contribution in [0.3, 0.4) is 0 Å². The lowest BCUT2D eigenvalue weighted by Gasteiger charge is -2.09. The zero-order valence-corrected chi connectivity index (χ0v) is 12.9. The standard InChI is InChI=1S/C14H20ClNO2.ClH/c1-3-4-8-16-9-10-18-14(17)13-11(2)6-5-7-12(13)15;/h5-7,16H,3-4,8-10H2,1-2H3;1H. The molecule has 1 aromatic carbocycles. The molecule has 1 N–H and O–H groups in total. The summed E-state index contributed by atoms with van der Waals surface area (Å²) in [5.74, 6) is -0.351. The maximum atomic E-state index is 11.8. The zero-order chi connectivity index (χ0) is 13.4. The van der Waals surface area contributed by atoms with Crippen molar-refractivity contribution < 1.29 is 9.53 Å². The summed E-state index contributed by atoms with van der Waals surface area (Å²) in [6.07, 6.45) is 2.29. The highest BCUT2D eigenvalue weighted by Crippen LogP contribution is 2.20. The van der Waals surface area contributed by atoms with Crippen molar-refractivity contribution >= 4 is 30.0 Å². The van der Waals surface area contributed by atoms with E-state index in [1.54, 1.807) is 6.07 Å². The maximum absolute atomic E-state index is 11.8. The van der Waals surface area contributed by atoms with Crippen molar-refractivity contribution in [1.82, 2.24) is 5.32 Å². The van der Waals surface area contributed by atoms with Crippen molar-refractivity contribution in [2.75, 3.05) is 19.7 Å². The molecular weight excluding hydrogens is 285 g/mol.